The van der Waals surface area contributed by atoms with Crippen LogP contribution < -0.4 is 26.2 Å². The summed E-state index contributed by atoms with van der Waals surface area (Å²) in [6.45, 7) is 25.1. The molecule has 4 nitrogen and oxygen atoms in total. The molecule has 1 saturated carbocycles. The Labute approximate surface area is 416 Å². The van der Waals surface area contributed by atoms with Gasteiger partial charge in [0, 0.05) is 44.6 Å². The molecule has 2 aromatic heterocycles. The standard InChI is InChI=1S/C64H64BN3O/c1-60(2,3)41-23-27-44(28-24-41)66(45-29-25-42(26-30-45)61(4,5)6)46-37-52-55-53(38-46)68-58-49(63(10)31-17-18-32-64(63,68)11)33-40(39-19-13-12-14-20-39)34-50(58)65(55)51-36-43(62(7,8)9)35-48-56(51)67(52)57-47-21-15-16-22-54(47)69-59(48)57/h12-16,19-30,33-38H,17-18,31-32H2,1-11H3/i12D,13D,14D,19D,20D. The number of nitrogens with zero attached hydrogens (tertiary/aromatic N) is 3. The number of aromatic nitrogens is 1. The molecule has 2 unspecified atom stereocenters. The van der Waals surface area contributed by atoms with E-state index in [4.69, 9.17) is 8.53 Å². The highest BCUT2D eigenvalue weighted by Gasteiger charge is 2.61. The van der Waals surface area contributed by atoms with Gasteiger partial charge in [0.25, 0.3) is 6.71 Å². The lowest BCUT2D eigenvalue weighted by Gasteiger charge is -2.52. The summed E-state index contributed by atoms with van der Waals surface area (Å²) in [6, 6.07) is 39.5. The average Bonchev–Trinajstić information content (AvgIpc) is 4.17. The minimum Gasteiger partial charge on any atom is -0.454 e. The summed E-state index contributed by atoms with van der Waals surface area (Å²) in [5, 5.41) is 2.12. The molecule has 9 aromatic rings. The second-order valence-electron chi connectivity index (χ2n) is 24.2. The van der Waals surface area contributed by atoms with Gasteiger partial charge in [-0.05, 0) is 146 Å². The maximum atomic E-state index is 9.36. The molecule has 344 valence electrons. The first-order valence-corrected chi connectivity index (χ1v) is 25.2. The molecule has 3 aliphatic heterocycles. The van der Waals surface area contributed by atoms with Crippen LogP contribution in [-0.4, -0.2) is 16.8 Å². The van der Waals surface area contributed by atoms with Gasteiger partial charge < -0.3 is 18.8 Å². The van der Waals surface area contributed by atoms with E-state index in [1.54, 1.807) is 0 Å². The highest BCUT2D eigenvalue weighted by molar-refractivity contribution is 7.00. The Balaban J connectivity index is 1.21. The lowest BCUT2D eigenvalue weighted by Crippen LogP contribution is -2.64. The number of para-hydroxylation sites is 1. The van der Waals surface area contributed by atoms with Crippen LogP contribution >= 0.6 is 0 Å². The number of rotatable bonds is 4. The minimum atomic E-state index is -0.380. The summed E-state index contributed by atoms with van der Waals surface area (Å²) in [5.74, 6) is 0. The van der Waals surface area contributed by atoms with Crippen LogP contribution in [0.15, 0.2) is 144 Å². The van der Waals surface area contributed by atoms with Crippen molar-refractivity contribution >= 4 is 84.5 Å². The number of furan rings is 1. The molecular weight excluding hydrogens is 838 g/mol. The fraction of sp³-hybridized carbons (Fsp3) is 0.312. The number of fused-ring (bicyclic) bond motifs is 12. The average molecular weight is 907 g/mol. The summed E-state index contributed by atoms with van der Waals surface area (Å²) in [5.41, 5.74) is 18.9. The van der Waals surface area contributed by atoms with Gasteiger partial charge in [-0.2, -0.15) is 0 Å². The summed E-state index contributed by atoms with van der Waals surface area (Å²) in [7, 11) is 0. The third-order valence-electron chi connectivity index (χ3n) is 17.0. The molecule has 13 rings (SSSR count). The van der Waals surface area contributed by atoms with E-state index >= 15 is 0 Å². The van der Waals surface area contributed by atoms with E-state index in [9.17, 15) is 2.74 Å². The molecule has 0 bridgehead atoms. The Morgan fingerprint density at radius 1 is 0.594 bits per heavy atom. The Kier molecular flexibility index (Phi) is 7.64. The van der Waals surface area contributed by atoms with Crippen LogP contribution in [0.25, 0.3) is 49.8 Å². The predicted molar refractivity (Wildman–Crippen MR) is 294 cm³/mol. The molecule has 69 heavy (non-hydrogen) atoms. The Morgan fingerprint density at radius 3 is 1.87 bits per heavy atom. The molecule has 5 heterocycles. The fourth-order valence-electron chi connectivity index (χ4n) is 13.1. The van der Waals surface area contributed by atoms with Crippen molar-refractivity contribution in [3.8, 4) is 16.8 Å². The third kappa shape index (κ3) is 5.89. The van der Waals surface area contributed by atoms with E-state index < -0.39 is 0 Å². The van der Waals surface area contributed by atoms with Gasteiger partial charge in [0.2, 0.25) is 0 Å². The molecule has 0 spiro atoms. The van der Waals surface area contributed by atoms with Crippen molar-refractivity contribution in [1.82, 2.24) is 4.57 Å². The van der Waals surface area contributed by atoms with E-state index in [1.807, 2.05) is 0 Å². The second kappa shape index (κ2) is 14.1. The number of anilines is 5. The predicted octanol–water partition coefficient (Wildman–Crippen LogP) is 15.4. The van der Waals surface area contributed by atoms with Gasteiger partial charge in [-0.1, -0.05) is 161 Å². The highest BCUT2D eigenvalue weighted by Crippen LogP contribution is 2.62. The van der Waals surface area contributed by atoms with Crippen LogP contribution in [0.4, 0.5) is 28.4 Å². The quantitative estimate of drug-likeness (QED) is 0.165. The topological polar surface area (TPSA) is 24.6 Å². The normalized spacial score (nSPS) is 20.4. The first kappa shape index (κ1) is 37.4. The number of hydrogen-bond donors (Lipinski definition) is 0. The molecule has 5 heteroatoms. The molecule has 0 saturated heterocycles. The van der Waals surface area contributed by atoms with Crippen molar-refractivity contribution in [1.29, 1.82) is 0 Å². The van der Waals surface area contributed by atoms with E-state index in [0.717, 1.165) is 86.9 Å². The molecule has 0 amide bonds. The van der Waals surface area contributed by atoms with Gasteiger partial charge >= 0.3 is 0 Å². The van der Waals surface area contributed by atoms with Gasteiger partial charge in [-0.25, -0.2) is 0 Å². The van der Waals surface area contributed by atoms with E-state index in [-0.39, 0.29) is 69.7 Å². The summed E-state index contributed by atoms with van der Waals surface area (Å²) in [6.07, 6.45) is 4.08. The number of benzene rings is 7. The van der Waals surface area contributed by atoms with Crippen molar-refractivity contribution in [2.45, 2.75) is 129 Å². The Bertz CT molecular complexity index is 3820. The zero-order valence-corrected chi connectivity index (χ0v) is 42.0. The van der Waals surface area contributed by atoms with Crippen LogP contribution in [0.5, 0.6) is 0 Å². The fourth-order valence-corrected chi connectivity index (χ4v) is 13.1. The van der Waals surface area contributed by atoms with Crippen molar-refractivity contribution in [2.24, 2.45) is 0 Å². The van der Waals surface area contributed by atoms with Crippen LogP contribution in [-0.2, 0) is 21.7 Å². The van der Waals surface area contributed by atoms with Crippen LogP contribution in [0.3, 0.4) is 0 Å². The van der Waals surface area contributed by atoms with E-state index in [0.29, 0.717) is 5.56 Å². The lowest BCUT2D eigenvalue weighted by atomic mass is 9.33. The zero-order valence-electron chi connectivity index (χ0n) is 47.0. The van der Waals surface area contributed by atoms with Crippen molar-refractivity contribution in [3.63, 3.8) is 0 Å². The maximum Gasteiger partial charge on any atom is 0.252 e. The van der Waals surface area contributed by atoms with Gasteiger partial charge in [0.15, 0.2) is 5.58 Å². The number of hydrogen-bond acceptors (Lipinski definition) is 3. The van der Waals surface area contributed by atoms with Gasteiger partial charge in [0.1, 0.15) is 11.1 Å². The summed E-state index contributed by atoms with van der Waals surface area (Å²) < 4.78 is 54.6. The summed E-state index contributed by atoms with van der Waals surface area (Å²) in [4.78, 5) is 5.17. The molecule has 2 atom stereocenters. The molecule has 0 radical (unpaired) electrons. The molecule has 0 N–H and O–H groups in total. The molecule has 1 aliphatic carbocycles. The van der Waals surface area contributed by atoms with Crippen molar-refractivity contribution < 1.29 is 11.3 Å². The van der Waals surface area contributed by atoms with Crippen LogP contribution in [0.2, 0.25) is 0 Å². The largest absolute Gasteiger partial charge is 0.454 e. The SMILES string of the molecule is [2H]c1c([2H])c([2H])c(-c2cc3c4c(c2)C2(C)CCCCC2(C)N4c2cc(N(c4ccc(C(C)(C)C)cc4)c4ccc(C(C)(C)C)cc4)cc4c2B3c2cc(C(C)(C)C)cc3c5oc6ccccc6c5n-4c23)c([2H])c1[2H]. The highest BCUT2D eigenvalue weighted by atomic mass is 16.3. The van der Waals surface area contributed by atoms with Gasteiger partial charge in [0.05, 0.1) is 23.6 Å². The minimum absolute atomic E-state index is 0.0210. The first-order chi connectivity index (χ1) is 34.9. The van der Waals surface area contributed by atoms with Crippen molar-refractivity contribution in [2.75, 3.05) is 9.80 Å². The van der Waals surface area contributed by atoms with Gasteiger partial charge in [-0.15, -0.1) is 0 Å². The summed E-state index contributed by atoms with van der Waals surface area (Å²) >= 11 is 0. The third-order valence-corrected chi connectivity index (χ3v) is 17.0. The van der Waals surface area contributed by atoms with E-state index in [2.05, 4.69) is 200 Å². The Morgan fingerprint density at radius 2 is 1.22 bits per heavy atom. The van der Waals surface area contributed by atoms with E-state index in [1.165, 1.54) is 44.6 Å². The van der Waals surface area contributed by atoms with Crippen LogP contribution in [0.1, 0.15) is 131 Å². The van der Waals surface area contributed by atoms with Crippen molar-refractivity contribution in [3.05, 3.63) is 162 Å². The molecule has 4 aliphatic rings. The second-order valence-corrected chi connectivity index (χ2v) is 24.2. The first-order valence-electron chi connectivity index (χ1n) is 27.7. The van der Waals surface area contributed by atoms with Gasteiger partial charge in [-0.3, -0.25) is 0 Å². The zero-order chi connectivity index (χ0) is 52.1. The Hall–Kier alpha value is -6.46. The maximum absolute atomic E-state index is 9.36. The molecule has 7 aromatic carbocycles. The molecule has 1 fully saturated rings. The lowest BCUT2D eigenvalue weighted by molar-refractivity contribution is 0.195. The smallest absolute Gasteiger partial charge is 0.252 e. The monoisotopic (exact) mass is 907 g/mol. The van der Waals surface area contributed by atoms with Crippen LogP contribution in [0, 0.1) is 0 Å². The molecular formula is C64H64BN3O.